The number of likely N-dealkylation sites (tertiary alicyclic amines) is 1. The zero-order valence-electron chi connectivity index (χ0n) is 11.4. The average Bonchev–Trinajstić information content (AvgIpc) is 3.04. The number of carbonyl (C=O) groups is 1. The van der Waals surface area contributed by atoms with Crippen LogP contribution in [0.25, 0.3) is 11.0 Å². The molecule has 106 valence electrons. The summed E-state index contributed by atoms with van der Waals surface area (Å²) in [6.07, 6.45) is 2.11. The molecule has 1 aliphatic heterocycles. The number of carbonyl (C=O) groups excluding carboxylic acids is 1. The highest BCUT2D eigenvalue weighted by atomic mass is 79.9. The first kappa shape index (κ1) is 13.6. The van der Waals surface area contributed by atoms with Gasteiger partial charge in [-0.3, -0.25) is 4.79 Å². The number of hydrogen-bond acceptors (Lipinski definition) is 3. The monoisotopic (exact) mass is 336 g/mol. The summed E-state index contributed by atoms with van der Waals surface area (Å²) >= 11 is 3.43. The zero-order valence-corrected chi connectivity index (χ0v) is 12.9. The lowest BCUT2D eigenvalue weighted by molar-refractivity contribution is 0.0707. The van der Waals surface area contributed by atoms with E-state index < -0.39 is 0 Å². The fourth-order valence-corrected chi connectivity index (χ4v) is 3.19. The maximum absolute atomic E-state index is 12.6. The van der Waals surface area contributed by atoms with Crippen molar-refractivity contribution in [2.24, 2.45) is 0 Å². The summed E-state index contributed by atoms with van der Waals surface area (Å²) in [4.78, 5) is 14.5. The third kappa shape index (κ3) is 2.47. The Bertz CT molecular complexity index is 638. The van der Waals surface area contributed by atoms with Gasteiger partial charge in [-0.05, 0) is 44.2 Å². The normalized spacial score (nSPS) is 18.9. The van der Waals surface area contributed by atoms with Gasteiger partial charge in [-0.1, -0.05) is 15.9 Å². The van der Waals surface area contributed by atoms with Gasteiger partial charge in [0.05, 0.1) is 0 Å². The smallest absolute Gasteiger partial charge is 0.289 e. The number of likely N-dealkylation sites (N-methyl/N-ethyl adjacent to an activating group) is 1. The molecule has 0 radical (unpaired) electrons. The molecular formula is C15H17BrN2O2. The number of rotatable bonds is 3. The van der Waals surface area contributed by atoms with Gasteiger partial charge in [0, 0.05) is 29.0 Å². The Balaban J connectivity index is 1.88. The van der Waals surface area contributed by atoms with E-state index in [-0.39, 0.29) is 11.9 Å². The van der Waals surface area contributed by atoms with E-state index in [9.17, 15) is 4.79 Å². The standard InChI is InChI=1S/C15H17BrN2O2/c1-17-9-12-3-2-6-18(12)15(19)14-8-10-7-11(16)4-5-13(10)20-14/h4-5,7-8,12,17H,2-3,6,9H2,1H3. The fourth-order valence-electron chi connectivity index (χ4n) is 2.81. The first-order chi connectivity index (χ1) is 9.69. The van der Waals surface area contributed by atoms with Crippen molar-refractivity contribution in [3.05, 3.63) is 34.5 Å². The van der Waals surface area contributed by atoms with Gasteiger partial charge in [-0.25, -0.2) is 0 Å². The molecule has 0 saturated carbocycles. The van der Waals surface area contributed by atoms with Gasteiger partial charge in [0.1, 0.15) is 5.58 Å². The number of benzene rings is 1. The van der Waals surface area contributed by atoms with Gasteiger partial charge in [0.25, 0.3) is 5.91 Å². The highest BCUT2D eigenvalue weighted by Crippen LogP contribution is 2.26. The summed E-state index contributed by atoms with van der Waals surface area (Å²) in [6, 6.07) is 7.86. The highest BCUT2D eigenvalue weighted by Gasteiger charge is 2.30. The molecule has 1 N–H and O–H groups in total. The summed E-state index contributed by atoms with van der Waals surface area (Å²) in [6.45, 7) is 1.64. The number of fused-ring (bicyclic) bond motifs is 1. The molecule has 0 spiro atoms. The molecule has 1 fully saturated rings. The molecule has 0 bridgehead atoms. The Morgan fingerprint density at radius 1 is 1.50 bits per heavy atom. The van der Waals surface area contributed by atoms with E-state index in [1.165, 1.54) is 0 Å². The van der Waals surface area contributed by atoms with Gasteiger partial charge in [0.15, 0.2) is 5.76 Å². The Hall–Kier alpha value is -1.33. The molecule has 3 rings (SSSR count). The second kappa shape index (κ2) is 5.58. The van der Waals surface area contributed by atoms with Crippen molar-refractivity contribution in [1.29, 1.82) is 0 Å². The van der Waals surface area contributed by atoms with E-state index in [0.29, 0.717) is 5.76 Å². The van der Waals surface area contributed by atoms with E-state index >= 15 is 0 Å². The van der Waals surface area contributed by atoms with E-state index in [1.807, 2.05) is 36.2 Å². The van der Waals surface area contributed by atoms with Crippen LogP contribution in [0.1, 0.15) is 23.4 Å². The van der Waals surface area contributed by atoms with Gasteiger partial charge >= 0.3 is 0 Å². The van der Waals surface area contributed by atoms with Crippen LogP contribution < -0.4 is 5.32 Å². The lowest BCUT2D eigenvalue weighted by Crippen LogP contribution is -2.40. The minimum absolute atomic E-state index is 0.00456. The average molecular weight is 337 g/mol. The molecule has 2 heterocycles. The second-order valence-electron chi connectivity index (χ2n) is 5.15. The molecule has 1 aromatic heterocycles. The topological polar surface area (TPSA) is 45.5 Å². The number of nitrogens with zero attached hydrogens (tertiary/aromatic N) is 1. The van der Waals surface area contributed by atoms with E-state index in [0.717, 1.165) is 41.4 Å². The predicted octanol–water partition coefficient (Wildman–Crippen LogP) is 3.02. The molecule has 20 heavy (non-hydrogen) atoms. The highest BCUT2D eigenvalue weighted by molar-refractivity contribution is 9.10. The van der Waals surface area contributed by atoms with Crippen molar-refractivity contribution in [3.63, 3.8) is 0 Å². The van der Waals surface area contributed by atoms with Crippen LogP contribution in [0.5, 0.6) is 0 Å². The number of hydrogen-bond donors (Lipinski definition) is 1. The van der Waals surface area contributed by atoms with Crippen LogP contribution in [0.3, 0.4) is 0 Å². The molecule has 1 aliphatic rings. The summed E-state index contributed by atoms with van der Waals surface area (Å²) < 4.78 is 6.68. The maximum Gasteiger partial charge on any atom is 0.289 e. The van der Waals surface area contributed by atoms with Crippen molar-refractivity contribution in [2.45, 2.75) is 18.9 Å². The minimum atomic E-state index is -0.00456. The number of halogens is 1. The minimum Gasteiger partial charge on any atom is -0.451 e. The zero-order chi connectivity index (χ0) is 14.1. The first-order valence-electron chi connectivity index (χ1n) is 6.83. The van der Waals surface area contributed by atoms with Crippen molar-refractivity contribution in [3.8, 4) is 0 Å². The van der Waals surface area contributed by atoms with Gasteiger partial charge in [-0.15, -0.1) is 0 Å². The molecular weight excluding hydrogens is 320 g/mol. The summed E-state index contributed by atoms with van der Waals surface area (Å²) in [5, 5.41) is 4.10. The largest absolute Gasteiger partial charge is 0.451 e. The third-order valence-corrected chi connectivity index (χ3v) is 4.26. The van der Waals surface area contributed by atoms with Crippen molar-refractivity contribution >= 4 is 32.8 Å². The second-order valence-corrected chi connectivity index (χ2v) is 6.06. The van der Waals surface area contributed by atoms with Crippen LogP contribution >= 0.6 is 15.9 Å². The fraction of sp³-hybridized carbons (Fsp3) is 0.400. The lowest BCUT2D eigenvalue weighted by atomic mass is 10.2. The van der Waals surface area contributed by atoms with Crippen LogP contribution in [0, 0.1) is 0 Å². The van der Waals surface area contributed by atoms with Crippen molar-refractivity contribution < 1.29 is 9.21 Å². The van der Waals surface area contributed by atoms with Gasteiger partial charge < -0.3 is 14.6 Å². The maximum atomic E-state index is 12.6. The van der Waals surface area contributed by atoms with Crippen molar-refractivity contribution in [1.82, 2.24) is 10.2 Å². The molecule has 1 amide bonds. The van der Waals surface area contributed by atoms with Crippen LogP contribution in [-0.2, 0) is 0 Å². The molecule has 1 aromatic carbocycles. The molecule has 1 atom stereocenters. The molecule has 5 heteroatoms. The third-order valence-electron chi connectivity index (χ3n) is 3.77. The van der Waals surface area contributed by atoms with Crippen LogP contribution in [0.2, 0.25) is 0 Å². The molecule has 1 unspecified atom stereocenters. The van der Waals surface area contributed by atoms with Crippen LogP contribution in [0.15, 0.2) is 33.2 Å². The molecule has 0 aliphatic carbocycles. The Kier molecular flexibility index (Phi) is 3.81. The Labute approximate surface area is 126 Å². The molecule has 4 nitrogen and oxygen atoms in total. The van der Waals surface area contributed by atoms with Crippen LogP contribution in [-0.4, -0.2) is 37.0 Å². The number of amides is 1. The number of furan rings is 1. The van der Waals surface area contributed by atoms with Crippen LogP contribution in [0.4, 0.5) is 0 Å². The summed E-state index contributed by atoms with van der Waals surface area (Å²) in [5.74, 6) is 0.427. The Morgan fingerprint density at radius 3 is 3.15 bits per heavy atom. The Morgan fingerprint density at radius 2 is 2.35 bits per heavy atom. The summed E-state index contributed by atoms with van der Waals surface area (Å²) in [7, 11) is 1.92. The molecule has 2 aromatic rings. The van der Waals surface area contributed by atoms with E-state index in [1.54, 1.807) is 0 Å². The van der Waals surface area contributed by atoms with Gasteiger partial charge in [0.2, 0.25) is 0 Å². The SMILES string of the molecule is CNCC1CCCN1C(=O)c1cc2cc(Br)ccc2o1. The lowest BCUT2D eigenvalue weighted by Gasteiger charge is -2.23. The summed E-state index contributed by atoms with van der Waals surface area (Å²) in [5.41, 5.74) is 0.751. The van der Waals surface area contributed by atoms with E-state index in [2.05, 4.69) is 21.2 Å². The van der Waals surface area contributed by atoms with E-state index in [4.69, 9.17) is 4.42 Å². The van der Waals surface area contributed by atoms with Crippen molar-refractivity contribution in [2.75, 3.05) is 20.1 Å². The first-order valence-corrected chi connectivity index (χ1v) is 7.63. The predicted molar refractivity (Wildman–Crippen MR) is 81.9 cm³/mol. The number of nitrogens with one attached hydrogen (secondary N) is 1. The quantitative estimate of drug-likeness (QED) is 0.936. The van der Waals surface area contributed by atoms with Gasteiger partial charge in [-0.2, -0.15) is 0 Å². The molecule has 1 saturated heterocycles.